The van der Waals surface area contributed by atoms with Crippen LogP contribution >= 0.6 is 0 Å². The molecule has 1 amide bonds. The van der Waals surface area contributed by atoms with Gasteiger partial charge in [-0.1, -0.05) is 0 Å². The zero-order valence-electron chi connectivity index (χ0n) is 8.84. The summed E-state index contributed by atoms with van der Waals surface area (Å²) < 4.78 is 5.38. The van der Waals surface area contributed by atoms with Crippen LogP contribution in [-0.4, -0.2) is 38.8 Å². The van der Waals surface area contributed by atoms with Gasteiger partial charge < -0.3 is 15.4 Å². The summed E-state index contributed by atoms with van der Waals surface area (Å²) in [6.45, 7) is 2.52. The van der Waals surface area contributed by atoms with E-state index in [0.717, 1.165) is 39.0 Å². The van der Waals surface area contributed by atoms with E-state index in [1.165, 1.54) is 0 Å². The second kappa shape index (κ2) is 6.79. The topological polar surface area (TPSA) is 50.4 Å². The molecule has 1 aliphatic heterocycles. The highest BCUT2D eigenvalue weighted by molar-refractivity contribution is 5.76. The average molecular weight is 200 g/mol. The lowest BCUT2D eigenvalue weighted by Gasteiger charge is -2.09. The van der Waals surface area contributed by atoms with Crippen molar-refractivity contribution < 1.29 is 9.53 Å². The minimum absolute atomic E-state index is 0.119. The van der Waals surface area contributed by atoms with E-state index in [1.54, 1.807) is 0 Å². The summed E-state index contributed by atoms with van der Waals surface area (Å²) in [7, 11) is 1.91. The first-order chi connectivity index (χ1) is 6.83. The molecule has 1 aliphatic rings. The Kier molecular flexibility index (Phi) is 5.56. The van der Waals surface area contributed by atoms with Crippen LogP contribution in [0.3, 0.4) is 0 Å². The first kappa shape index (κ1) is 11.5. The number of amides is 1. The molecule has 0 aromatic rings. The van der Waals surface area contributed by atoms with Crippen LogP contribution in [0.15, 0.2) is 0 Å². The third-order valence-electron chi connectivity index (χ3n) is 2.36. The summed E-state index contributed by atoms with van der Waals surface area (Å²) in [5, 5.41) is 5.92. The lowest BCUT2D eigenvalue weighted by atomic mass is 10.2. The summed E-state index contributed by atoms with van der Waals surface area (Å²) in [6.07, 6.45) is 3.80. The quantitative estimate of drug-likeness (QED) is 0.606. The highest BCUT2D eigenvalue weighted by Gasteiger charge is 2.18. The van der Waals surface area contributed by atoms with Crippen LogP contribution in [0, 0.1) is 0 Å². The number of ether oxygens (including phenoxy) is 1. The molecule has 0 radical (unpaired) electrons. The van der Waals surface area contributed by atoms with Crippen LogP contribution in [0.1, 0.15) is 25.7 Å². The van der Waals surface area contributed by atoms with Crippen LogP contribution < -0.4 is 10.6 Å². The van der Waals surface area contributed by atoms with E-state index in [1.807, 2.05) is 7.05 Å². The number of nitrogens with one attached hydrogen (secondary N) is 2. The van der Waals surface area contributed by atoms with Crippen LogP contribution in [0.5, 0.6) is 0 Å². The Morgan fingerprint density at radius 3 is 3.00 bits per heavy atom. The molecular weight excluding hydrogens is 180 g/mol. The predicted octanol–water partition coefficient (Wildman–Crippen LogP) is 0.281. The fourth-order valence-corrected chi connectivity index (χ4v) is 1.58. The lowest BCUT2D eigenvalue weighted by molar-refractivity contribution is -0.123. The molecule has 1 atom stereocenters. The molecule has 0 bridgehead atoms. The molecule has 0 aromatic heterocycles. The predicted molar refractivity (Wildman–Crippen MR) is 55.1 cm³/mol. The molecule has 4 nitrogen and oxygen atoms in total. The number of carbonyl (C=O) groups is 1. The number of hydrogen-bond donors (Lipinski definition) is 2. The smallest absolute Gasteiger partial charge is 0.222 e. The second-order valence-electron chi connectivity index (χ2n) is 3.65. The minimum atomic E-state index is 0.119. The Morgan fingerprint density at radius 1 is 1.50 bits per heavy atom. The van der Waals surface area contributed by atoms with E-state index in [0.29, 0.717) is 6.42 Å². The molecule has 1 rings (SSSR count). The van der Waals surface area contributed by atoms with E-state index in [4.69, 9.17) is 4.74 Å². The maximum Gasteiger partial charge on any atom is 0.222 e. The van der Waals surface area contributed by atoms with E-state index >= 15 is 0 Å². The fourth-order valence-electron chi connectivity index (χ4n) is 1.58. The minimum Gasteiger partial charge on any atom is -0.378 e. The van der Waals surface area contributed by atoms with Gasteiger partial charge in [0.25, 0.3) is 0 Å². The lowest BCUT2D eigenvalue weighted by Crippen LogP contribution is -2.29. The Hall–Kier alpha value is -0.610. The van der Waals surface area contributed by atoms with E-state index in [2.05, 4.69) is 10.6 Å². The summed E-state index contributed by atoms with van der Waals surface area (Å²) in [5.41, 5.74) is 0. The number of carbonyl (C=O) groups excluding carboxylic acids is 1. The Labute approximate surface area is 85.4 Å². The van der Waals surface area contributed by atoms with Crippen molar-refractivity contribution in [3.05, 3.63) is 0 Å². The van der Waals surface area contributed by atoms with Crippen molar-refractivity contribution >= 4 is 5.91 Å². The highest BCUT2D eigenvalue weighted by Crippen LogP contribution is 2.14. The molecule has 1 unspecified atom stereocenters. The van der Waals surface area contributed by atoms with Crippen LogP contribution in [-0.2, 0) is 9.53 Å². The molecule has 1 heterocycles. The summed E-state index contributed by atoms with van der Waals surface area (Å²) in [4.78, 5) is 11.4. The van der Waals surface area contributed by atoms with Gasteiger partial charge in [0.05, 0.1) is 12.5 Å². The number of hydrogen-bond acceptors (Lipinski definition) is 3. The molecule has 0 aliphatic carbocycles. The van der Waals surface area contributed by atoms with E-state index in [9.17, 15) is 4.79 Å². The van der Waals surface area contributed by atoms with Crippen molar-refractivity contribution in [1.82, 2.24) is 10.6 Å². The third-order valence-corrected chi connectivity index (χ3v) is 2.36. The zero-order chi connectivity index (χ0) is 10.2. The van der Waals surface area contributed by atoms with Gasteiger partial charge in [-0.15, -0.1) is 0 Å². The standard InChI is InChI=1S/C10H20N2O2/c1-11-5-3-6-12-10(13)8-9-4-2-7-14-9/h9,11H,2-8H2,1H3,(H,12,13). The van der Waals surface area contributed by atoms with Gasteiger partial charge in [0.1, 0.15) is 0 Å². The molecule has 0 aromatic carbocycles. The fraction of sp³-hybridized carbons (Fsp3) is 0.900. The first-order valence-corrected chi connectivity index (χ1v) is 5.36. The third kappa shape index (κ3) is 4.58. The Bertz CT molecular complexity index is 168. The van der Waals surface area contributed by atoms with Crippen LogP contribution in [0.2, 0.25) is 0 Å². The summed E-state index contributed by atoms with van der Waals surface area (Å²) >= 11 is 0. The average Bonchev–Trinajstić information content (AvgIpc) is 2.65. The molecule has 14 heavy (non-hydrogen) atoms. The molecule has 82 valence electrons. The summed E-state index contributed by atoms with van der Waals surface area (Å²) in [6, 6.07) is 0. The Morgan fingerprint density at radius 2 is 2.36 bits per heavy atom. The van der Waals surface area contributed by atoms with Gasteiger partial charge >= 0.3 is 0 Å². The van der Waals surface area contributed by atoms with Crippen molar-refractivity contribution in [2.75, 3.05) is 26.7 Å². The van der Waals surface area contributed by atoms with Gasteiger partial charge in [-0.05, 0) is 32.9 Å². The van der Waals surface area contributed by atoms with Crippen molar-refractivity contribution in [2.45, 2.75) is 31.8 Å². The second-order valence-corrected chi connectivity index (χ2v) is 3.65. The SMILES string of the molecule is CNCCCNC(=O)CC1CCCO1. The molecule has 2 N–H and O–H groups in total. The van der Waals surface area contributed by atoms with Crippen LogP contribution in [0.4, 0.5) is 0 Å². The highest BCUT2D eigenvalue weighted by atomic mass is 16.5. The largest absolute Gasteiger partial charge is 0.378 e. The number of rotatable bonds is 6. The molecule has 0 saturated carbocycles. The van der Waals surface area contributed by atoms with Gasteiger partial charge in [0.2, 0.25) is 5.91 Å². The maximum absolute atomic E-state index is 11.4. The van der Waals surface area contributed by atoms with Gasteiger partial charge in [-0.3, -0.25) is 4.79 Å². The van der Waals surface area contributed by atoms with Crippen LogP contribution in [0.25, 0.3) is 0 Å². The first-order valence-electron chi connectivity index (χ1n) is 5.36. The summed E-state index contributed by atoms with van der Waals surface area (Å²) in [5.74, 6) is 0.119. The maximum atomic E-state index is 11.4. The molecule has 0 spiro atoms. The monoisotopic (exact) mass is 200 g/mol. The zero-order valence-corrected chi connectivity index (χ0v) is 8.84. The van der Waals surface area contributed by atoms with Crippen molar-refractivity contribution in [1.29, 1.82) is 0 Å². The van der Waals surface area contributed by atoms with Gasteiger partial charge in [-0.25, -0.2) is 0 Å². The Balaban J connectivity index is 1.98. The van der Waals surface area contributed by atoms with Crippen molar-refractivity contribution in [3.63, 3.8) is 0 Å². The molecule has 1 fully saturated rings. The normalized spacial score (nSPS) is 21.1. The molecule has 4 heteroatoms. The van der Waals surface area contributed by atoms with E-state index in [-0.39, 0.29) is 12.0 Å². The van der Waals surface area contributed by atoms with E-state index < -0.39 is 0 Å². The van der Waals surface area contributed by atoms with Crippen molar-refractivity contribution in [2.24, 2.45) is 0 Å². The molecular formula is C10H20N2O2. The molecule has 1 saturated heterocycles. The van der Waals surface area contributed by atoms with Crippen molar-refractivity contribution in [3.8, 4) is 0 Å². The van der Waals surface area contributed by atoms with Gasteiger partial charge in [-0.2, -0.15) is 0 Å². The van der Waals surface area contributed by atoms with Gasteiger partial charge in [0, 0.05) is 13.2 Å². The van der Waals surface area contributed by atoms with Gasteiger partial charge in [0.15, 0.2) is 0 Å².